The van der Waals surface area contributed by atoms with Crippen LogP contribution in [0, 0.1) is 18.3 Å². The Bertz CT molecular complexity index is 1400. The number of H-pyrrole nitrogens is 1. The van der Waals surface area contributed by atoms with Crippen molar-refractivity contribution in [2.45, 2.75) is 37.1 Å². The second-order valence-corrected chi connectivity index (χ2v) is 9.66. The number of carboxylic acids is 1. The lowest BCUT2D eigenvalue weighted by Crippen LogP contribution is -2.48. The smallest absolute Gasteiger partial charge is 0.326 e. The van der Waals surface area contributed by atoms with E-state index >= 15 is 0 Å². The lowest BCUT2D eigenvalue weighted by Gasteiger charge is -2.33. The Kier molecular flexibility index (Phi) is 5.82. The van der Waals surface area contributed by atoms with Gasteiger partial charge in [-0.05, 0) is 56.0 Å². The van der Waals surface area contributed by atoms with Gasteiger partial charge in [-0.15, -0.1) is 0 Å². The fourth-order valence-corrected chi connectivity index (χ4v) is 5.31. The van der Waals surface area contributed by atoms with E-state index in [9.17, 15) is 28.4 Å². The maximum absolute atomic E-state index is 13.1. The van der Waals surface area contributed by atoms with E-state index in [1.165, 1.54) is 35.4 Å². The van der Waals surface area contributed by atoms with Gasteiger partial charge in [0.1, 0.15) is 12.1 Å². The molecule has 1 aliphatic heterocycles. The summed E-state index contributed by atoms with van der Waals surface area (Å²) in [6.45, 7) is 2.13. The van der Waals surface area contributed by atoms with Gasteiger partial charge in [0.05, 0.1) is 21.7 Å². The number of aromatic amines is 1. The lowest BCUT2D eigenvalue weighted by molar-refractivity contribution is -0.143. The highest BCUT2D eigenvalue weighted by Crippen LogP contribution is 2.30. The predicted octanol–water partition coefficient (Wildman–Crippen LogP) is 3.23. The van der Waals surface area contributed by atoms with Crippen LogP contribution in [0.1, 0.15) is 40.7 Å². The summed E-state index contributed by atoms with van der Waals surface area (Å²) in [4.78, 5) is 28.7. The van der Waals surface area contributed by atoms with E-state index in [4.69, 9.17) is 0 Å². The molecule has 3 N–H and O–H groups in total. The molecule has 1 aliphatic rings. The molecule has 1 fully saturated rings. The second-order valence-electron chi connectivity index (χ2n) is 7.98. The number of sulfonamides is 1. The molecule has 0 aliphatic carbocycles. The van der Waals surface area contributed by atoms with Crippen molar-refractivity contribution in [1.82, 2.24) is 9.88 Å². The zero-order valence-corrected chi connectivity index (χ0v) is 18.6. The van der Waals surface area contributed by atoms with E-state index in [0.29, 0.717) is 35.9 Å². The van der Waals surface area contributed by atoms with E-state index < -0.39 is 27.9 Å². The molecule has 1 amide bonds. The number of hydrogen-bond acceptors (Lipinski definition) is 5. The Morgan fingerprint density at radius 3 is 2.76 bits per heavy atom. The summed E-state index contributed by atoms with van der Waals surface area (Å²) in [7, 11) is -4.07. The third kappa shape index (κ3) is 4.15. The minimum Gasteiger partial charge on any atom is -0.480 e. The van der Waals surface area contributed by atoms with E-state index in [-0.39, 0.29) is 16.1 Å². The Balaban J connectivity index is 1.66. The Morgan fingerprint density at radius 2 is 2.03 bits per heavy atom. The molecular formula is C23H22N4O5S. The normalized spacial score (nSPS) is 16.4. The van der Waals surface area contributed by atoms with Crippen molar-refractivity contribution in [3.05, 3.63) is 59.3 Å². The highest BCUT2D eigenvalue weighted by atomic mass is 32.2. The van der Waals surface area contributed by atoms with E-state index in [1.54, 1.807) is 12.1 Å². The van der Waals surface area contributed by atoms with Crippen molar-refractivity contribution in [2.24, 2.45) is 0 Å². The van der Waals surface area contributed by atoms with Gasteiger partial charge < -0.3 is 15.0 Å². The first-order valence-corrected chi connectivity index (χ1v) is 11.9. The van der Waals surface area contributed by atoms with Gasteiger partial charge in [-0.3, -0.25) is 9.52 Å². The number of nitriles is 1. The molecule has 0 unspecified atom stereocenters. The molecule has 10 heteroatoms. The quantitative estimate of drug-likeness (QED) is 0.527. The van der Waals surface area contributed by atoms with Crippen LogP contribution in [0.4, 0.5) is 5.69 Å². The molecular weight excluding hydrogens is 444 g/mol. The maximum Gasteiger partial charge on any atom is 0.326 e. The first-order valence-electron chi connectivity index (χ1n) is 10.4. The summed E-state index contributed by atoms with van der Waals surface area (Å²) >= 11 is 0. The highest BCUT2D eigenvalue weighted by Gasteiger charge is 2.33. The minimum absolute atomic E-state index is 0.103. The number of fused-ring (bicyclic) bond motifs is 1. The third-order valence-corrected chi connectivity index (χ3v) is 7.21. The van der Waals surface area contributed by atoms with Gasteiger partial charge in [-0.1, -0.05) is 12.1 Å². The number of aliphatic carboxylic acids is 1. The van der Waals surface area contributed by atoms with Gasteiger partial charge in [-0.25, -0.2) is 13.2 Å². The molecule has 1 aromatic heterocycles. The van der Waals surface area contributed by atoms with Crippen LogP contribution in [0.2, 0.25) is 0 Å². The van der Waals surface area contributed by atoms with Gasteiger partial charge in [0.15, 0.2) is 0 Å². The van der Waals surface area contributed by atoms with E-state index in [1.807, 2.05) is 6.92 Å². The van der Waals surface area contributed by atoms with Crippen molar-refractivity contribution in [2.75, 3.05) is 11.3 Å². The lowest BCUT2D eigenvalue weighted by atomic mass is 10.0. The number of piperidine rings is 1. The number of hydrogen-bond donors (Lipinski definition) is 3. The zero-order valence-electron chi connectivity index (χ0n) is 17.8. The number of amides is 1. The number of benzene rings is 2. The SMILES string of the molecule is Cc1ccc(NS(=O)(=O)c2cccc(C(=O)N3CCCC[C@H]3C(=O)O)c2)c2[nH]cc(C#N)c12. The molecule has 0 spiro atoms. The molecule has 170 valence electrons. The summed E-state index contributed by atoms with van der Waals surface area (Å²) in [5.74, 6) is -1.58. The molecule has 33 heavy (non-hydrogen) atoms. The standard InChI is InChI=1S/C23H22N4O5S/c1-14-8-9-18(21-20(14)16(12-24)13-25-21)26-33(31,32)17-6-4-5-15(11-17)22(28)27-10-3-2-7-19(27)23(29)30/h4-6,8-9,11,13,19,25-26H,2-3,7,10H2,1H3,(H,29,30)/t19-/m0/s1. The van der Waals surface area contributed by atoms with Crippen molar-refractivity contribution >= 4 is 38.5 Å². The number of carboxylic acid groups (broad SMARTS) is 1. The zero-order chi connectivity index (χ0) is 23.8. The molecule has 3 aromatic rings. The van der Waals surface area contributed by atoms with Crippen molar-refractivity contribution in [1.29, 1.82) is 5.26 Å². The van der Waals surface area contributed by atoms with Crippen LogP contribution in [0.15, 0.2) is 47.5 Å². The van der Waals surface area contributed by atoms with E-state index in [2.05, 4.69) is 15.8 Å². The van der Waals surface area contributed by atoms with Crippen molar-refractivity contribution in [3.8, 4) is 6.07 Å². The van der Waals surface area contributed by atoms with Crippen LogP contribution in [0.25, 0.3) is 10.9 Å². The molecule has 0 saturated carbocycles. The number of carbonyl (C=O) groups excluding carboxylic acids is 1. The van der Waals surface area contributed by atoms with Gasteiger partial charge in [0.2, 0.25) is 0 Å². The van der Waals surface area contributed by atoms with Crippen LogP contribution in [-0.2, 0) is 14.8 Å². The third-order valence-electron chi connectivity index (χ3n) is 5.85. The van der Waals surface area contributed by atoms with Gasteiger partial charge >= 0.3 is 5.97 Å². The molecule has 1 saturated heterocycles. The van der Waals surface area contributed by atoms with Crippen LogP contribution >= 0.6 is 0 Å². The maximum atomic E-state index is 13.1. The fourth-order valence-electron chi connectivity index (χ4n) is 4.19. The topological polar surface area (TPSA) is 143 Å². The number of nitrogens with zero attached hydrogens (tertiary/aromatic N) is 2. The fraction of sp³-hybridized carbons (Fsp3) is 0.261. The minimum atomic E-state index is -4.07. The molecule has 4 rings (SSSR count). The number of nitrogens with one attached hydrogen (secondary N) is 2. The summed E-state index contributed by atoms with van der Waals surface area (Å²) in [6, 6.07) is 10.0. The summed E-state index contributed by atoms with van der Waals surface area (Å²) in [6.07, 6.45) is 3.30. The Labute approximate surface area is 190 Å². The molecule has 2 heterocycles. The Hall–Kier alpha value is -3.84. The van der Waals surface area contributed by atoms with Crippen molar-refractivity contribution < 1.29 is 23.1 Å². The van der Waals surface area contributed by atoms with Crippen LogP contribution in [-0.4, -0.2) is 47.9 Å². The average molecular weight is 467 g/mol. The number of anilines is 1. The number of carbonyl (C=O) groups is 2. The molecule has 2 aromatic carbocycles. The number of rotatable bonds is 5. The number of aryl methyl sites for hydroxylation is 1. The number of likely N-dealkylation sites (tertiary alicyclic amines) is 1. The molecule has 1 atom stereocenters. The van der Waals surface area contributed by atoms with Crippen LogP contribution in [0.3, 0.4) is 0 Å². The molecule has 9 nitrogen and oxygen atoms in total. The summed E-state index contributed by atoms with van der Waals surface area (Å²) in [5.41, 5.74) is 2.10. The first kappa shape index (κ1) is 22.4. The molecule has 0 radical (unpaired) electrons. The first-order chi connectivity index (χ1) is 15.7. The largest absolute Gasteiger partial charge is 0.480 e. The highest BCUT2D eigenvalue weighted by molar-refractivity contribution is 7.92. The average Bonchev–Trinajstić information content (AvgIpc) is 3.26. The monoisotopic (exact) mass is 466 g/mol. The van der Waals surface area contributed by atoms with Gasteiger partial charge in [0, 0.05) is 23.7 Å². The second kappa shape index (κ2) is 8.60. The van der Waals surface area contributed by atoms with Crippen LogP contribution in [0.5, 0.6) is 0 Å². The summed E-state index contributed by atoms with van der Waals surface area (Å²) in [5, 5.41) is 19.4. The molecule has 0 bridgehead atoms. The predicted molar refractivity (Wildman–Crippen MR) is 121 cm³/mol. The number of aromatic nitrogens is 1. The Morgan fingerprint density at radius 1 is 1.24 bits per heavy atom. The van der Waals surface area contributed by atoms with Gasteiger partial charge in [0.25, 0.3) is 15.9 Å². The van der Waals surface area contributed by atoms with Crippen molar-refractivity contribution in [3.63, 3.8) is 0 Å². The van der Waals surface area contributed by atoms with E-state index in [0.717, 1.165) is 12.0 Å². The van der Waals surface area contributed by atoms with Crippen LogP contribution < -0.4 is 4.72 Å². The van der Waals surface area contributed by atoms with Gasteiger partial charge in [-0.2, -0.15) is 5.26 Å². The summed E-state index contributed by atoms with van der Waals surface area (Å²) < 4.78 is 28.8.